The molecule has 0 amide bonds. The van der Waals surface area contributed by atoms with Gasteiger partial charge in [-0.25, -0.2) is 0 Å². The molecule has 20 heavy (non-hydrogen) atoms. The second-order valence-electron chi connectivity index (χ2n) is 5.54. The van der Waals surface area contributed by atoms with Crippen molar-refractivity contribution in [3.63, 3.8) is 0 Å². The third-order valence-electron chi connectivity index (χ3n) is 3.72. The van der Waals surface area contributed by atoms with Gasteiger partial charge in [-0.2, -0.15) is 16.7 Å². The largest absolute Gasteiger partial charge is 0.339 e. The molecule has 106 valence electrons. The maximum absolute atomic E-state index is 6.06. The summed E-state index contributed by atoms with van der Waals surface area (Å²) in [5.41, 5.74) is 8.36. The molecule has 1 aromatic carbocycles. The van der Waals surface area contributed by atoms with Crippen molar-refractivity contribution in [3.05, 3.63) is 35.7 Å². The van der Waals surface area contributed by atoms with Crippen LogP contribution in [0.3, 0.4) is 0 Å². The minimum Gasteiger partial charge on any atom is -0.339 e. The first kappa shape index (κ1) is 13.6. The van der Waals surface area contributed by atoms with Gasteiger partial charge in [0.2, 0.25) is 11.7 Å². The van der Waals surface area contributed by atoms with Gasteiger partial charge in [0.1, 0.15) is 0 Å². The molecule has 0 spiro atoms. The molecule has 5 heteroatoms. The van der Waals surface area contributed by atoms with Crippen molar-refractivity contribution in [1.82, 2.24) is 10.1 Å². The minimum atomic E-state index is 0.122. The molecule has 1 saturated heterocycles. The lowest BCUT2D eigenvalue weighted by atomic mass is 10.0. The molecule has 1 aliphatic rings. The lowest BCUT2D eigenvalue weighted by Gasteiger charge is -2.07. The van der Waals surface area contributed by atoms with E-state index in [1.165, 1.54) is 5.56 Å². The van der Waals surface area contributed by atoms with Gasteiger partial charge in [-0.1, -0.05) is 43.3 Å². The molecule has 0 aliphatic carbocycles. The van der Waals surface area contributed by atoms with E-state index in [0.717, 1.165) is 17.1 Å². The second-order valence-corrected chi connectivity index (χ2v) is 6.62. The van der Waals surface area contributed by atoms with E-state index < -0.39 is 0 Å². The van der Waals surface area contributed by atoms with Gasteiger partial charge in [-0.15, -0.1) is 0 Å². The Morgan fingerprint density at radius 2 is 2.00 bits per heavy atom. The number of hydrogen-bond acceptors (Lipinski definition) is 5. The van der Waals surface area contributed by atoms with Crippen molar-refractivity contribution in [3.8, 4) is 11.4 Å². The van der Waals surface area contributed by atoms with E-state index in [-0.39, 0.29) is 12.0 Å². The fourth-order valence-corrected chi connectivity index (χ4v) is 3.63. The van der Waals surface area contributed by atoms with E-state index in [1.54, 1.807) is 0 Å². The average molecular weight is 289 g/mol. The first-order valence-corrected chi connectivity index (χ1v) is 8.08. The third kappa shape index (κ3) is 2.60. The molecular weight excluding hydrogens is 270 g/mol. The van der Waals surface area contributed by atoms with Crippen LogP contribution in [0, 0.1) is 0 Å². The van der Waals surface area contributed by atoms with Gasteiger partial charge in [-0.05, 0) is 11.5 Å². The maximum atomic E-state index is 6.06. The Morgan fingerprint density at radius 3 is 2.60 bits per heavy atom. The zero-order valence-electron chi connectivity index (χ0n) is 11.7. The Hall–Kier alpha value is -1.33. The molecule has 0 saturated carbocycles. The summed E-state index contributed by atoms with van der Waals surface area (Å²) in [6.07, 6.45) is 0. The van der Waals surface area contributed by atoms with E-state index in [0.29, 0.717) is 17.6 Å². The lowest BCUT2D eigenvalue weighted by Crippen LogP contribution is -2.26. The normalized spacial score (nSPS) is 22.6. The van der Waals surface area contributed by atoms with Crippen LogP contribution in [0.15, 0.2) is 28.8 Å². The fraction of sp³-hybridized carbons (Fsp3) is 0.467. The quantitative estimate of drug-likeness (QED) is 0.941. The first-order chi connectivity index (χ1) is 9.65. The number of nitrogens with two attached hydrogens (primary N) is 1. The molecule has 3 rings (SSSR count). The monoisotopic (exact) mass is 289 g/mol. The average Bonchev–Trinajstić information content (AvgIpc) is 3.07. The zero-order valence-corrected chi connectivity index (χ0v) is 12.6. The molecule has 2 atom stereocenters. The number of benzene rings is 1. The fourth-order valence-electron chi connectivity index (χ4n) is 2.35. The van der Waals surface area contributed by atoms with Gasteiger partial charge in [0.15, 0.2) is 0 Å². The van der Waals surface area contributed by atoms with Crippen LogP contribution < -0.4 is 5.73 Å². The van der Waals surface area contributed by atoms with Gasteiger partial charge in [-0.3, -0.25) is 0 Å². The standard InChI is InChI=1S/C15H19N3OS/c1-9(2)10-3-5-11(6-4-10)14-17-15(19-18-14)12-7-20-8-13(12)16/h3-6,9,12-13H,7-8,16H2,1-2H3. The van der Waals surface area contributed by atoms with Crippen molar-refractivity contribution in [2.75, 3.05) is 11.5 Å². The topological polar surface area (TPSA) is 64.9 Å². The molecule has 2 heterocycles. The second kappa shape index (κ2) is 5.58. The Balaban J connectivity index is 1.82. The van der Waals surface area contributed by atoms with Gasteiger partial charge >= 0.3 is 0 Å². The minimum absolute atomic E-state index is 0.122. The Labute approximate surface area is 123 Å². The molecule has 2 aromatic rings. The van der Waals surface area contributed by atoms with Gasteiger partial charge in [0.25, 0.3) is 0 Å². The molecule has 0 radical (unpaired) electrons. The summed E-state index contributed by atoms with van der Waals surface area (Å²) in [4.78, 5) is 4.52. The highest BCUT2D eigenvalue weighted by molar-refractivity contribution is 7.99. The van der Waals surface area contributed by atoms with E-state index in [9.17, 15) is 0 Å². The van der Waals surface area contributed by atoms with Crippen molar-refractivity contribution in [2.24, 2.45) is 5.73 Å². The van der Waals surface area contributed by atoms with Crippen molar-refractivity contribution in [1.29, 1.82) is 0 Å². The summed E-state index contributed by atoms with van der Waals surface area (Å²) in [6.45, 7) is 4.36. The molecule has 2 unspecified atom stereocenters. The first-order valence-electron chi connectivity index (χ1n) is 6.92. The molecule has 2 N–H and O–H groups in total. The van der Waals surface area contributed by atoms with Gasteiger partial charge < -0.3 is 10.3 Å². The number of aromatic nitrogens is 2. The summed E-state index contributed by atoms with van der Waals surface area (Å²) in [6, 6.07) is 8.46. The number of rotatable bonds is 3. The van der Waals surface area contributed by atoms with Crippen LogP contribution >= 0.6 is 11.8 Å². The van der Waals surface area contributed by atoms with Crippen molar-refractivity contribution in [2.45, 2.75) is 31.7 Å². The van der Waals surface area contributed by atoms with Crippen LogP contribution in [-0.4, -0.2) is 27.7 Å². The van der Waals surface area contributed by atoms with Gasteiger partial charge in [0.05, 0.1) is 5.92 Å². The molecule has 1 aromatic heterocycles. The Kier molecular flexibility index (Phi) is 3.81. The highest BCUT2D eigenvalue weighted by Crippen LogP contribution is 2.31. The summed E-state index contributed by atoms with van der Waals surface area (Å²) < 4.78 is 5.40. The summed E-state index contributed by atoms with van der Waals surface area (Å²) >= 11 is 1.84. The highest BCUT2D eigenvalue weighted by atomic mass is 32.2. The maximum Gasteiger partial charge on any atom is 0.232 e. The van der Waals surface area contributed by atoms with E-state index >= 15 is 0 Å². The Bertz CT molecular complexity index is 579. The highest BCUT2D eigenvalue weighted by Gasteiger charge is 2.30. The number of hydrogen-bond donors (Lipinski definition) is 1. The summed E-state index contributed by atoms with van der Waals surface area (Å²) in [7, 11) is 0. The predicted molar refractivity (Wildman–Crippen MR) is 81.9 cm³/mol. The molecule has 1 aliphatic heterocycles. The van der Waals surface area contributed by atoms with Crippen molar-refractivity contribution >= 4 is 11.8 Å². The van der Waals surface area contributed by atoms with Gasteiger partial charge in [0, 0.05) is 23.1 Å². The SMILES string of the molecule is CC(C)c1ccc(-c2noc(C3CSCC3N)n2)cc1. The molecule has 1 fully saturated rings. The number of thioether (sulfide) groups is 1. The van der Waals surface area contributed by atoms with Crippen LogP contribution in [0.25, 0.3) is 11.4 Å². The molecule has 0 bridgehead atoms. The zero-order chi connectivity index (χ0) is 14.1. The van der Waals surface area contributed by atoms with E-state index in [2.05, 4.69) is 36.1 Å². The van der Waals surface area contributed by atoms with Crippen LogP contribution in [0.2, 0.25) is 0 Å². The molecule has 4 nitrogen and oxygen atoms in total. The van der Waals surface area contributed by atoms with Crippen LogP contribution in [0.4, 0.5) is 0 Å². The summed E-state index contributed by atoms with van der Waals surface area (Å²) in [5.74, 6) is 3.97. The smallest absolute Gasteiger partial charge is 0.232 e. The Morgan fingerprint density at radius 1 is 1.25 bits per heavy atom. The van der Waals surface area contributed by atoms with E-state index in [4.69, 9.17) is 10.3 Å². The van der Waals surface area contributed by atoms with Crippen molar-refractivity contribution < 1.29 is 4.52 Å². The van der Waals surface area contributed by atoms with Crippen LogP contribution in [-0.2, 0) is 0 Å². The summed E-state index contributed by atoms with van der Waals surface area (Å²) in [5, 5.41) is 4.09. The predicted octanol–water partition coefficient (Wildman–Crippen LogP) is 3.02. The van der Waals surface area contributed by atoms with Crippen LogP contribution in [0.1, 0.15) is 37.1 Å². The van der Waals surface area contributed by atoms with Crippen LogP contribution in [0.5, 0.6) is 0 Å². The number of nitrogens with zero attached hydrogens (tertiary/aromatic N) is 2. The lowest BCUT2D eigenvalue weighted by molar-refractivity contribution is 0.352. The molecular formula is C15H19N3OS. The third-order valence-corrected chi connectivity index (χ3v) is 4.93. The van der Waals surface area contributed by atoms with E-state index in [1.807, 2.05) is 23.9 Å².